The van der Waals surface area contributed by atoms with Crippen molar-refractivity contribution in [3.63, 3.8) is 0 Å². The number of carbonyl (C=O) groups excluding carboxylic acids is 3. The predicted molar refractivity (Wildman–Crippen MR) is 339 cm³/mol. The number of unbranched alkanes of at least 4 members (excludes halogenated alkanes) is 36. The Bertz CT molecular complexity index is 1480. The smallest absolute Gasteiger partial charge is 0.306 e. The molecule has 0 amide bonds. The fraction of sp³-hybridized carbons (Fsp3) is 0.764. The number of ether oxygens (including phenoxy) is 3. The van der Waals surface area contributed by atoms with Crippen molar-refractivity contribution < 1.29 is 28.6 Å². The molecule has 1 unspecified atom stereocenters. The summed E-state index contributed by atoms with van der Waals surface area (Å²) >= 11 is 0. The molecule has 0 fully saturated rings. The average Bonchev–Trinajstić information content (AvgIpc) is 3.44. The van der Waals surface area contributed by atoms with Crippen LogP contribution in [0.3, 0.4) is 0 Å². The van der Waals surface area contributed by atoms with Crippen LogP contribution in [0.5, 0.6) is 0 Å². The standard InChI is InChI=1S/C72H126O6/c1-4-7-10-13-16-19-22-25-28-31-34-35-36-37-39-41-44-47-50-53-56-59-62-65-71(74)77-68-69(67-76-70(73)64-61-58-55-52-49-46-43-40-33-30-27-24-21-18-15-12-9-6-3)78-72(75)66-63-60-57-54-51-48-45-42-38-32-29-26-23-20-17-14-11-8-5-2/h7,10,16-17,19-20,25-26,28-29,34-35,37,39,69H,4-6,8-9,11-15,18,21-24,27,30-33,36,38,40-68H2,1-3H3/b10-7-,19-16-,20-17-,28-25-,29-26-,35-34-,39-37-. The second-order valence-corrected chi connectivity index (χ2v) is 22.4. The van der Waals surface area contributed by atoms with Gasteiger partial charge >= 0.3 is 17.9 Å². The van der Waals surface area contributed by atoms with Gasteiger partial charge in [-0.25, -0.2) is 0 Å². The molecule has 0 spiro atoms. The van der Waals surface area contributed by atoms with E-state index in [1.807, 2.05) is 0 Å². The minimum absolute atomic E-state index is 0.0786. The first-order chi connectivity index (χ1) is 38.5. The van der Waals surface area contributed by atoms with Crippen LogP contribution in [-0.4, -0.2) is 37.2 Å². The van der Waals surface area contributed by atoms with Gasteiger partial charge in [-0.2, -0.15) is 0 Å². The lowest BCUT2D eigenvalue weighted by Crippen LogP contribution is -2.30. The molecule has 0 heterocycles. The maximum absolute atomic E-state index is 12.9. The summed E-state index contributed by atoms with van der Waals surface area (Å²) in [7, 11) is 0. The van der Waals surface area contributed by atoms with Crippen molar-refractivity contribution in [3.05, 3.63) is 85.1 Å². The molecular formula is C72H126O6. The van der Waals surface area contributed by atoms with Gasteiger partial charge in [0.15, 0.2) is 6.10 Å². The van der Waals surface area contributed by atoms with Crippen molar-refractivity contribution >= 4 is 17.9 Å². The summed E-state index contributed by atoms with van der Waals surface area (Å²) < 4.78 is 17.0. The highest BCUT2D eigenvalue weighted by Gasteiger charge is 2.19. The summed E-state index contributed by atoms with van der Waals surface area (Å²) in [5, 5.41) is 0. The third-order valence-electron chi connectivity index (χ3n) is 14.6. The summed E-state index contributed by atoms with van der Waals surface area (Å²) in [6, 6.07) is 0. The predicted octanol–water partition coefficient (Wildman–Crippen LogP) is 23.1. The van der Waals surface area contributed by atoms with E-state index < -0.39 is 6.10 Å². The maximum Gasteiger partial charge on any atom is 0.306 e. The van der Waals surface area contributed by atoms with Crippen LogP contribution in [0.25, 0.3) is 0 Å². The van der Waals surface area contributed by atoms with Crippen molar-refractivity contribution in [2.24, 2.45) is 0 Å². The van der Waals surface area contributed by atoms with Gasteiger partial charge < -0.3 is 14.2 Å². The fourth-order valence-corrected chi connectivity index (χ4v) is 9.62. The summed E-state index contributed by atoms with van der Waals surface area (Å²) in [5.41, 5.74) is 0. The molecule has 0 aromatic heterocycles. The van der Waals surface area contributed by atoms with Gasteiger partial charge in [0.1, 0.15) is 13.2 Å². The molecule has 0 aliphatic heterocycles. The molecule has 0 rings (SSSR count). The van der Waals surface area contributed by atoms with Crippen LogP contribution in [0.1, 0.15) is 335 Å². The lowest BCUT2D eigenvalue weighted by Gasteiger charge is -2.18. The van der Waals surface area contributed by atoms with Gasteiger partial charge in [-0.1, -0.05) is 305 Å². The monoisotopic (exact) mass is 1090 g/mol. The van der Waals surface area contributed by atoms with Crippen LogP contribution < -0.4 is 0 Å². The summed E-state index contributed by atoms with van der Waals surface area (Å²) in [5.74, 6) is -0.876. The Morgan fingerprint density at radius 1 is 0.269 bits per heavy atom. The zero-order chi connectivity index (χ0) is 56.4. The lowest BCUT2D eigenvalue weighted by molar-refractivity contribution is -0.167. The van der Waals surface area contributed by atoms with E-state index >= 15 is 0 Å². The summed E-state index contributed by atoms with van der Waals surface area (Å²) in [6.07, 6.45) is 87.3. The molecule has 0 aromatic rings. The topological polar surface area (TPSA) is 78.9 Å². The minimum atomic E-state index is -0.784. The second kappa shape index (κ2) is 66.1. The van der Waals surface area contributed by atoms with Gasteiger partial charge in [0.2, 0.25) is 0 Å². The van der Waals surface area contributed by atoms with E-state index in [1.165, 1.54) is 193 Å². The molecule has 6 nitrogen and oxygen atoms in total. The molecule has 6 heteroatoms. The molecule has 0 saturated carbocycles. The van der Waals surface area contributed by atoms with E-state index in [1.54, 1.807) is 0 Å². The van der Waals surface area contributed by atoms with E-state index in [9.17, 15) is 14.4 Å². The lowest BCUT2D eigenvalue weighted by atomic mass is 10.0. The van der Waals surface area contributed by atoms with Crippen molar-refractivity contribution in [3.8, 4) is 0 Å². The van der Waals surface area contributed by atoms with Gasteiger partial charge in [-0.15, -0.1) is 0 Å². The third-order valence-corrected chi connectivity index (χ3v) is 14.6. The zero-order valence-corrected chi connectivity index (χ0v) is 51.7. The highest BCUT2D eigenvalue weighted by atomic mass is 16.6. The highest BCUT2D eigenvalue weighted by molar-refractivity contribution is 5.71. The van der Waals surface area contributed by atoms with Gasteiger partial charge in [0.25, 0.3) is 0 Å². The van der Waals surface area contributed by atoms with Crippen molar-refractivity contribution in [2.75, 3.05) is 13.2 Å². The normalized spacial score (nSPS) is 12.6. The molecule has 450 valence electrons. The summed E-state index contributed by atoms with van der Waals surface area (Å²) in [6.45, 7) is 6.54. The number of esters is 3. The highest BCUT2D eigenvalue weighted by Crippen LogP contribution is 2.17. The van der Waals surface area contributed by atoms with Gasteiger partial charge in [0, 0.05) is 19.3 Å². The Morgan fingerprint density at radius 3 is 0.808 bits per heavy atom. The van der Waals surface area contributed by atoms with Crippen LogP contribution in [0.15, 0.2) is 85.1 Å². The van der Waals surface area contributed by atoms with E-state index in [2.05, 4.69) is 106 Å². The Kier molecular flexibility index (Phi) is 63.2. The number of hydrogen-bond acceptors (Lipinski definition) is 6. The second-order valence-electron chi connectivity index (χ2n) is 22.4. The van der Waals surface area contributed by atoms with Gasteiger partial charge in [-0.3, -0.25) is 14.4 Å². The van der Waals surface area contributed by atoms with E-state index in [0.717, 1.165) is 103 Å². The molecule has 0 aliphatic carbocycles. The van der Waals surface area contributed by atoms with E-state index in [-0.39, 0.29) is 31.1 Å². The van der Waals surface area contributed by atoms with Crippen LogP contribution in [0.4, 0.5) is 0 Å². The largest absolute Gasteiger partial charge is 0.462 e. The molecular weight excluding hydrogens is 961 g/mol. The zero-order valence-electron chi connectivity index (χ0n) is 51.7. The minimum Gasteiger partial charge on any atom is -0.462 e. The SMILES string of the molecule is CC/C=C\C/C=C\C/C=C\C/C=C\C/C=C\CCCCCCCCCC(=O)OCC(COC(=O)CCCCCCCCCCCCCCCCCCCC)OC(=O)CCCCCCCCCCC/C=C\C/C=C\CCCCC. The van der Waals surface area contributed by atoms with E-state index in [0.29, 0.717) is 19.3 Å². The number of allylic oxidation sites excluding steroid dienone is 14. The first kappa shape index (κ1) is 74.6. The third kappa shape index (κ3) is 63.4. The molecule has 0 aromatic carbocycles. The number of rotatable bonds is 61. The number of carbonyl (C=O) groups is 3. The van der Waals surface area contributed by atoms with E-state index in [4.69, 9.17) is 14.2 Å². The first-order valence-corrected chi connectivity index (χ1v) is 33.6. The summed E-state index contributed by atoms with van der Waals surface area (Å²) in [4.78, 5) is 38.4. The molecule has 1 atom stereocenters. The Hall–Kier alpha value is -3.41. The molecule has 0 bridgehead atoms. The van der Waals surface area contributed by atoms with Crippen molar-refractivity contribution in [1.29, 1.82) is 0 Å². The van der Waals surface area contributed by atoms with Gasteiger partial charge in [-0.05, 0) is 96.3 Å². The maximum atomic E-state index is 12.9. The van der Waals surface area contributed by atoms with Gasteiger partial charge in [0.05, 0.1) is 0 Å². The Balaban J connectivity index is 4.38. The molecule has 0 aliphatic rings. The van der Waals surface area contributed by atoms with Crippen LogP contribution in [-0.2, 0) is 28.6 Å². The quantitative estimate of drug-likeness (QED) is 0.0261. The Labute approximate surface area is 484 Å². The number of hydrogen-bond donors (Lipinski definition) is 0. The molecule has 0 N–H and O–H groups in total. The molecule has 0 radical (unpaired) electrons. The molecule has 78 heavy (non-hydrogen) atoms. The Morgan fingerprint density at radius 2 is 0.500 bits per heavy atom. The van der Waals surface area contributed by atoms with Crippen molar-refractivity contribution in [2.45, 2.75) is 341 Å². The van der Waals surface area contributed by atoms with Crippen LogP contribution in [0.2, 0.25) is 0 Å². The van der Waals surface area contributed by atoms with Crippen molar-refractivity contribution in [1.82, 2.24) is 0 Å². The fourth-order valence-electron chi connectivity index (χ4n) is 9.62. The molecule has 0 saturated heterocycles. The first-order valence-electron chi connectivity index (χ1n) is 33.6. The van der Waals surface area contributed by atoms with Crippen LogP contribution in [0, 0.1) is 0 Å². The van der Waals surface area contributed by atoms with Crippen LogP contribution >= 0.6 is 0 Å². The average molecular weight is 1090 g/mol.